The SMILES string of the molecule is C=C1[C@H](O)CC/C(CO)=C/[C@H](O)[C@@]2(C)CC[C@@H](C(C)(C)O)[C@@H]2C[C@H]1O. The molecule has 0 spiro atoms. The van der Waals surface area contributed by atoms with Gasteiger partial charge in [-0.3, -0.25) is 0 Å². The summed E-state index contributed by atoms with van der Waals surface area (Å²) in [5, 5.41) is 52.0. The predicted octanol–water partition coefficient (Wildman–Crippen LogP) is 1.53. The van der Waals surface area contributed by atoms with Crippen LogP contribution in [0, 0.1) is 17.3 Å². The first-order chi connectivity index (χ1) is 11.5. The number of hydrogen-bond acceptors (Lipinski definition) is 5. The molecule has 6 atom stereocenters. The fourth-order valence-corrected chi connectivity index (χ4v) is 4.71. The molecule has 2 aliphatic rings. The Labute approximate surface area is 150 Å². The van der Waals surface area contributed by atoms with Crippen molar-refractivity contribution in [3.8, 4) is 0 Å². The van der Waals surface area contributed by atoms with Crippen molar-refractivity contribution in [1.82, 2.24) is 0 Å². The van der Waals surface area contributed by atoms with Gasteiger partial charge < -0.3 is 25.5 Å². The van der Waals surface area contributed by atoms with E-state index < -0.39 is 29.3 Å². The molecule has 5 N–H and O–H groups in total. The van der Waals surface area contributed by atoms with Gasteiger partial charge in [0, 0.05) is 5.41 Å². The van der Waals surface area contributed by atoms with E-state index in [1.165, 1.54) is 0 Å². The summed E-state index contributed by atoms with van der Waals surface area (Å²) in [5.74, 6) is -0.200. The Morgan fingerprint density at radius 3 is 2.40 bits per heavy atom. The van der Waals surface area contributed by atoms with Crippen LogP contribution in [-0.2, 0) is 0 Å². The van der Waals surface area contributed by atoms with E-state index in [-0.39, 0.29) is 18.4 Å². The van der Waals surface area contributed by atoms with Gasteiger partial charge in [0.1, 0.15) is 0 Å². The molecular formula is C20H34O5. The fourth-order valence-electron chi connectivity index (χ4n) is 4.71. The molecule has 2 rings (SSSR count). The summed E-state index contributed by atoms with van der Waals surface area (Å²) in [5.41, 5.74) is -0.382. The smallest absolute Gasteiger partial charge is 0.0780 e. The monoisotopic (exact) mass is 354 g/mol. The molecule has 0 bridgehead atoms. The zero-order chi connectivity index (χ0) is 19.0. The Bertz CT molecular complexity index is 521. The van der Waals surface area contributed by atoms with Crippen molar-refractivity contribution >= 4 is 0 Å². The van der Waals surface area contributed by atoms with Gasteiger partial charge in [0.2, 0.25) is 0 Å². The topological polar surface area (TPSA) is 101 Å². The van der Waals surface area contributed by atoms with Crippen molar-refractivity contribution in [3.05, 3.63) is 23.8 Å². The normalized spacial score (nSPS) is 43.1. The summed E-state index contributed by atoms with van der Waals surface area (Å²) in [6.45, 7) is 9.22. The molecule has 5 heteroatoms. The summed E-state index contributed by atoms with van der Waals surface area (Å²) in [6.07, 6.45) is 1.81. The number of fused-ring (bicyclic) bond motifs is 1. The number of aliphatic hydroxyl groups excluding tert-OH is 4. The van der Waals surface area contributed by atoms with Gasteiger partial charge in [-0.2, -0.15) is 0 Å². The van der Waals surface area contributed by atoms with E-state index in [4.69, 9.17) is 0 Å². The van der Waals surface area contributed by atoms with Gasteiger partial charge in [-0.25, -0.2) is 0 Å². The van der Waals surface area contributed by atoms with Crippen molar-refractivity contribution in [1.29, 1.82) is 0 Å². The third-order valence-electron chi connectivity index (χ3n) is 6.58. The Balaban J connectivity index is 2.46. The lowest BCUT2D eigenvalue weighted by Crippen LogP contribution is -2.43. The second-order valence-corrected chi connectivity index (χ2v) is 8.72. The molecule has 0 aliphatic heterocycles. The van der Waals surface area contributed by atoms with Crippen LogP contribution in [0.2, 0.25) is 0 Å². The Kier molecular flexibility index (Phi) is 6.17. The molecule has 1 fully saturated rings. The molecule has 0 heterocycles. The van der Waals surface area contributed by atoms with Crippen molar-refractivity contribution in [3.63, 3.8) is 0 Å². The maximum absolute atomic E-state index is 10.9. The summed E-state index contributed by atoms with van der Waals surface area (Å²) in [4.78, 5) is 0. The molecule has 0 aromatic rings. The first-order valence-electron chi connectivity index (χ1n) is 9.26. The Morgan fingerprint density at radius 2 is 1.84 bits per heavy atom. The number of aliphatic hydroxyl groups is 5. The van der Waals surface area contributed by atoms with E-state index in [0.717, 1.165) is 12.8 Å². The highest BCUT2D eigenvalue weighted by Crippen LogP contribution is 2.55. The van der Waals surface area contributed by atoms with Gasteiger partial charge in [0.15, 0.2) is 0 Å². The third kappa shape index (κ3) is 4.17. The van der Waals surface area contributed by atoms with E-state index >= 15 is 0 Å². The molecular weight excluding hydrogens is 320 g/mol. The van der Waals surface area contributed by atoms with E-state index in [9.17, 15) is 25.5 Å². The summed E-state index contributed by atoms with van der Waals surface area (Å²) in [6, 6.07) is 0. The van der Waals surface area contributed by atoms with Crippen LogP contribution in [0.25, 0.3) is 0 Å². The molecule has 0 aromatic heterocycles. The highest BCUT2D eigenvalue weighted by Gasteiger charge is 2.53. The van der Waals surface area contributed by atoms with Gasteiger partial charge >= 0.3 is 0 Å². The van der Waals surface area contributed by atoms with Crippen LogP contribution < -0.4 is 0 Å². The van der Waals surface area contributed by atoms with Gasteiger partial charge in [-0.1, -0.05) is 19.6 Å². The minimum absolute atomic E-state index is 0.0709. The largest absolute Gasteiger partial charge is 0.392 e. The standard InChI is InChI=1S/C20H34O5/c1-12-16(22)6-5-13(11-21)9-18(24)20(4)8-7-14(19(2,3)25)15(20)10-17(12)23/h9,14-18,21-25H,1,5-8,10-11H2,2-4H3/b13-9-/t14-,15+,16-,17-,18+,20+/m1/s1. The maximum Gasteiger partial charge on any atom is 0.0780 e. The van der Waals surface area contributed by atoms with Crippen LogP contribution in [0.5, 0.6) is 0 Å². The minimum Gasteiger partial charge on any atom is -0.392 e. The second kappa shape index (κ2) is 7.49. The van der Waals surface area contributed by atoms with Gasteiger partial charge in [0.05, 0.1) is 30.5 Å². The van der Waals surface area contributed by atoms with Gasteiger partial charge in [0.25, 0.3) is 0 Å². The van der Waals surface area contributed by atoms with Crippen LogP contribution in [0.4, 0.5) is 0 Å². The fraction of sp³-hybridized carbons (Fsp3) is 0.800. The van der Waals surface area contributed by atoms with Gasteiger partial charge in [-0.05, 0) is 68.9 Å². The lowest BCUT2D eigenvalue weighted by molar-refractivity contribution is -0.0481. The van der Waals surface area contributed by atoms with E-state index in [2.05, 4.69) is 6.58 Å². The average Bonchev–Trinajstić information content (AvgIpc) is 2.87. The second-order valence-electron chi connectivity index (χ2n) is 8.72. The molecule has 0 saturated heterocycles. The molecule has 2 aliphatic carbocycles. The van der Waals surface area contributed by atoms with E-state index in [0.29, 0.717) is 30.4 Å². The molecule has 0 unspecified atom stereocenters. The van der Waals surface area contributed by atoms with Crippen molar-refractivity contribution in [2.75, 3.05) is 6.61 Å². The van der Waals surface area contributed by atoms with Crippen LogP contribution in [0.3, 0.4) is 0 Å². The van der Waals surface area contributed by atoms with Crippen molar-refractivity contribution < 1.29 is 25.5 Å². The first-order valence-corrected chi connectivity index (χ1v) is 9.26. The molecule has 1 saturated carbocycles. The number of hydrogen-bond donors (Lipinski definition) is 5. The van der Waals surface area contributed by atoms with Crippen LogP contribution in [-0.4, -0.2) is 56.1 Å². The maximum atomic E-state index is 10.9. The van der Waals surface area contributed by atoms with Crippen molar-refractivity contribution in [2.45, 2.75) is 76.8 Å². The highest BCUT2D eigenvalue weighted by atomic mass is 16.3. The summed E-state index contributed by atoms with van der Waals surface area (Å²) < 4.78 is 0. The lowest BCUT2D eigenvalue weighted by atomic mass is 9.67. The molecule has 0 radical (unpaired) electrons. The van der Waals surface area contributed by atoms with Crippen LogP contribution in [0.15, 0.2) is 23.8 Å². The zero-order valence-electron chi connectivity index (χ0n) is 15.6. The van der Waals surface area contributed by atoms with Gasteiger partial charge in [-0.15, -0.1) is 0 Å². The molecule has 0 aromatic carbocycles. The third-order valence-corrected chi connectivity index (χ3v) is 6.58. The quantitative estimate of drug-likeness (QED) is 0.484. The molecule has 25 heavy (non-hydrogen) atoms. The first kappa shape index (κ1) is 20.6. The Morgan fingerprint density at radius 1 is 1.20 bits per heavy atom. The molecule has 144 valence electrons. The van der Waals surface area contributed by atoms with Crippen LogP contribution >= 0.6 is 0 Å². The zero-order valence-corrected chi connectivity index (χ0v) is 15.6. The average molecular weight is 354 g/mol. The molecule has 0 amide bonds. The number of rotatable bonds is 2. The minimum atomic E-state index is -0.925. The highest BCUT2D eigenvalue weighted by molar-refractivity contribution is 5.17. The Hall–Kier alpha value is -0.720. The van der Waals surface area contributed by atoms with Crippen LogP contribution in [0.1, 0.15) is 52.9 Å². The molecule has 5 nitrogen and oxygen atoms in total. The van der Waals surface area contributed by atoms with Crippen molar-refractivity contribution in [2.24, 2.45) is 17.3 Å². The summed E-state index contributed by atoms with van der Waals surface area (Å²) >= 11 is 0. The summed E-state index contributed by atoms with van der Waals surface area (Å²) in [7, 11) is 0. The van der Waals surface area contributed by atoms with E-state index in [1.54, 1.807) is 19.9 Å². The lowest BCUT2D eigenvalue weighted by Gasteiger charge is -2.41. The predicted molar refractivity (Wildman–Crippen MR) is 96.8 cm³/mol. The van der Waals surface area contributed by atoms with E-state index in [1.807, 2.05) is 6.92 Å².